The maximum Gasteiger partial charge on any atom is 0.324 e. The zero-order valence-corrected chi connectivity index (χ0v) is 12.3. The van der Waals surface area contributed by atoms with Crippen LogP contribution in [0.2, 0.25) is 0 Å². The van der Waals surface area contributed by atoms with E-state index >= 15 is 0 Å². The second-order valence-corrected chi connectivity index (χ2v) is 6.90. The van der Waals surface area contributed by atoms with Crippen molar-refractivity contribution >= 4 is 27.9 Å². The van der Waals surface area contributed by atoms with E-state index in [9.17, 15) is 22.8 Å². The third-order valence-corrected chi connectivity index (χ3v) is 5.23. The average molecular weight is 323 g/mol. The summed E-state index contributed by atoms with van der Waals surface area (Å²) in [5.74, 6) is -1.80. The Morgan fingerprint density at radius 2 is 1.95 bits per heavy atom. The molecule has 4 amide bonds. The summed E-state index contributed by atoms with van der Waals surface area (Å²) in [6, 6.07) is 5.79. The van der Waals surface area contributed by atoms with Gasteiger partial charge < -0.3 is 5.32 Å². The molecule has 0 aromatic heterocycles. The summed E-state index contributed by atoms with van der Waals surface area (Å²) in [5.41, 5.74) is 0.672. The van der Waals surface area contributed by atoms with E-state index in [1.165, 1.54) is 6.07 Å². The summed E-state index contributed by atoms with van der Waals surface area (Å²) in [4.78, 5) is 36.8. The number of hydrogen-bond donors (Lipinski definition) is 1. The molecule has 2 aliphatic heterocycles. The third kappa shape index (κ3) is 2.33. The van der Waals surface area contributed by atoms with Crippen LogP contribution in [0.4, 0.5) is 4.79 Å². The average Bonchev–Trinajstić information content (AvgIpc) is 2.89. The van der Waals surface area contributed by atoms with Gasteiger partial charge in [0.25, 0.3) is 11.8 Å². The van der Waals surface area contributed by atoms with Crippen molar-refractivity contribution in [2.75, 3.05) is 19.6 Å². The normalized spacial score (nSPS) is 19.8. The number of hydrogen-bond acceptors (Lipinski definition) is 5. The second-order valence-electron chi connectivity index (χ2n) is 5.00. The number of nitrogens with one attached hydrogen (secondary N) is 1. The van der Waals surface area contributed by atoms with Crippen molar-refractivity contribution in [2.45, 2.75) is 5.75 Å². The van der Waals surface area contributed by atoms with Crippen LogP contribution in [-0.4, -0.2) is 55.1 Å². The topological polar surface area (TPSA) is 104 Å². The third-order valence-electron chi connectivity index (χ3n) is 3.58. The van der Waals surface area contributed by atoms with Gasteiger partial charge in [-0.1, -0.05) is 18.2 Å². The molecule has 3 rings (SSSR count). The number of urea groups is 1. The van der Waals surface area contributed by atoms with Gasteiger partial charge in [0.05, 0.1) is 5.75 Å². The van der Waals surface area contributed by atoms with Crippen LogP contribution in [0.1, 0.15) is 15.9 Å². The van der Waals surface area contributed by atoms with Gasteiger partial charge in [0, 0.05) is 18.7 Å². The fourth-order valence-corrected chi connectivity index (χ4v) is 3.94. The van der Waals surface area contributed by atoms with Gasteiger partial charge in [-0.2, -0.15) is 0 Å². The summed E-state index contributed by atoms with van der Waals surface area (Å²) in [7, 11) is -3.92. The molecule has 0 atom stereocenters. The van der Waals surface area contributed by atoms with Crippen molar-refractivity contribution in [1.82, 2.24) is 14.5 Å². The first-order valence-corrected chi connectivity index (χ1v) is 8.22. The minimum Gasteiger partial charge on any atom is -0.336 e. The molecule has 22 heavy (non-hydrogen) atoms. The number of fused-ring (bicyclic) bond motifs is 1. The zero-order chi connectivity index (χ0) is 15.9. The molecule has 2 heterocycles. The lowest BCUT2D eigenvalue weighted by molar-refractivity contribution is -0.127. The Morgan fingerprint density at radius 3 is 2.64 bits per heavy atom. The van der Waals surface area contributed by atoms with Crippen LogP contribution < -0.4 is 5.32 Å². The predicted molar refractivity (Wildman–Crippen MR) is 75.2 cm³/mol. The lowest BCUT2D eigenvalue weighted by Crippen LogP contribution is -2.48. The van der Waals surface area contributed by atoms with Crippen molar-refractivity contribution in [2.24, 2.45) is 0 Å². The van der Waals surface area contributed by atoms with Crippen LogP contribution >= 0.6 is 0 Å². The molecule has 0 aliphatic carbocycles. The van der Waals surface area contributed by atoms with Gasteiger partial charge in [-0.25, -0.2) is 17.5 Å². The van der Waals surface area contributed by atoms with E-state index in [2.05, 4.69) is 5.32 Å². The smallest absolute Gasteiger partial charge is 0.324 e. The summed E-state index contributed by atoms with van der Waals surface area (Å²) in [6.07, 6.45) is 0. The number of rotatable bonds is 2. The number of amides is 4. The zero-order valence-electron chi connectivity index (χ0n) is 11.5. The molecule has 1 saturated heterocycles. The largest absolute Gasteiger partial charge is 0.336 e. The monoisotopic (exact) mass is 323 g/mol. The number of carbonyl (C=O) groups is 3. The summed E-state index contributed by atoms with van der Waals surface area (Å²) in [5, 5.41) is 2.45. The van der Waals surface area contributed by atoms with E-state index in [0.29, 0.717) is 16.4 Å². The van der Waals surface area contributed by atoms with Gasteiger partial charge >= 0.3 is 6.03 Å². The number of carbonyl (C=O) groups excluding carboxylic acids is 3. The van der Waals surface area contributed by atoms with Crippen molar-refractivity contribution in [1.29, 1.82) is 0 Å². The second kappa shape index (κ2) is 5.09. The summed E-state index contributed by atoms with van der Waals surface area (Å²) < 4.78 is 25.0. The van der Waals surface area contributed by atoms with Crippen LogP contribution in [0.25, 0.3) is 0 Å². The molecule has 1 N–H and O–H groups in total. The lowest BCUT2D eigenvalue weighted by Gasteiger charge is -2.28. The van der Waals surface area contributed by atoms with Crippen molar-refractivity contribution < 1.29 is 22.8 Å². The van der Waals surface area contributed by atoms with Crippen LogP contribution in [-0.2, 0) is 20.6 Å². The number of nitrogens with zero attached hydrogens (tertiary/aromatic N) is 2. The molecule has 0 saturated carbocycles. The molecule has 0 radical (unpaired) electrons. The highest BCUT2D eigenvalue weighted by molar-refractivity contribution is 7.89. The van der Waals surface area contributed by atoms with Gasteiger partial charge in [0.1, 0.15) is 6.54 Å². The highest BCUT2D eigenvalue weighted by Crippen LogP contribution is 2.24. The highest BCUT2D eigenvalue weighted by Gasteiger charge is 2.38. The molecule has 2 aliphatic rings. The fourth-order valence-electron chi connectivity index (χ4n) is 2.48. The Labute approximate surface area is 126 Å². The van der Waals surface area contributed by atoms with E-state index in [1.807, 2.05) is 0 Å². The van der Waals surface area contributed by atoms with Crippen LogP contribution in [0, 0.1) is 0 Å². The Kier molecular flexibility index (Phi) is 3.36. The van der Waals surface area contributed by atoms with Crippen LogP contribution in [0.5, 0.6) is 0 Å². The van der Waals surface area contributed by atoms with Gasteiger partial charge in [-0.3, -0.25) is 14.5 Å². The molecule has 1 aromatic carbocycles. The van der Waals surface area contributed by atoms with Crippen molar-refractivity contribution in [3.05, 3.63) is 35.4 Å². The number of imide groups is 1. The van der Waals surface area contributed by atoms with E-state index in [0.717, 1.165) is 4.90 Å². The van der Waals surface area contributed by atoms with Crippen molar-refractivity contribution in [3.8, 4) is 0 Å². The van der Waals surface area contributed by atoms with Gasteiger partial charge in [0.15, 0.2) is 0 Å². The van der Waals surface area contributed by atoms with Crippen LogP contribution in [0.15, 0.2) is 24.3 Å². The van der Waals surface area contributed by atoms with Crippen LogP contribution in [0.3, 0.4) is 0 Å². The van der Waals surface area contributed by atoms with E-state index in [1.54, 1.807) is 18.2 Å². The first-order valence-electron chi connectivity index (χ1n) is 6.61. The Balaban J connectivity index is 1.89. The summed E-state index contributed by atoms with van der Waals surface area (Å²) in [6.45, 7) is -0.187. The standard InChI is InChI=1S/C13H13N3O5S/c17-11(15-6-5-14-13(15)19)7-16-12(18)10-4-2-1-3-9(10)8-22(16,20)21/h1-4H,5-8H2,(H,14,19). The molecule has 1 fully saturated rings. The molecule has 1 aromatic rings. The molecule has 0 bridgehead atoms. The molecule has 0 spiro atoms. The Bertz CT molecular complexity index is 774. The fraction of sp³-hybridized carbons (Fsp3) is 0.308. The molecular weight excluding hydrogens is 310 g/mol. The predicted octanol–water partition coefficient (Wildman–Crippen LogP) is -0.476. The highest BCUT2D eigenvalue weighted by atomic mass is 32.2. The summed E-state index contributed by atoms with van der Waals surface area (Å²) >= 11 is 0. The maximum atomic E-state index is 12.3. The van der Waals surface area contributed by atoms with E-state index in [-0.39, 0.29) is 17.9 Å². The molecule has 116 valence electrons. The first kappa shape index (κ1) is 14.5. The molecular formula is C13H13N3O5S. The Morgan fingerprint density at radius 1 is 1.23 bits per heavy atom. The van der Waals surface area contributed by atoms with Gasteiger partial charge in [0.2, 0.25) is 10.0 Å². The maximum absolute atomic E-state index is 12.3. The number of sulfonamides is 1. The number of benzene rings is 1. The molecule has 0 unspecified atom stereocenters. The molecule has 9 heteroatoms. The quantitative estimate of drug-likeness (QED) is 0.792. The minimum atomic E-state index is -3.92. The molecule has 8 nitrogen and oxygen atoms in total. The van der Waals surface area contributed by atoms with E-state index in [4.69, 9.17) is 0 Å². The van der Waals surface area contributed by atoms with Crippen molar-refractivity contribution in [3.63, 3.8) is 0 Å². The van der Waals surface area contributed by atoms with Gasteiger partial charge in [-0.15, -0.1) is 0 Å². The van der Waals surface area contributed by atoms with Gasteiger partial charge in [-0.05, 0) is 11.6 Å². The van der Waals surface area contributed by atoms with E-state index < -0.39 is 34.4 Å². The minimum absolute atomic E-state index is 0.163. The Hall–Kier alpha value is -2.42. The first-order chi connectivity index (χ1) is 10.4. The lowest BCUT2D eigenvalue weighted by atomic mass is 10.1. The SMILES string of the molecule is O=C(CN1C(=O)c2ccccc2CS1(=O)=O)N1CCNC1=O.